The van der Waals surface area contributed by atoms with Crippen molar-refractivity contribution in [1.82, 2.24) is 14.7 Å². The van der Waals surface area contributed by atoms with E-state index in [0.29, 0.717) is 49.6 Å². The summed E-state index contributed by atoms with van der Waals surface area (Å²) in [4.78, 5) is 2.30. The van der Waals surface area contributed by atoms with Crippen LogP contribution in [0.2, 0.25) is 0 Å². The summed E-state index contributed by atoms with van der Waals surface area (Å²) in [7, 11) is 1.64. The minimum absolute atomic E-state index is 0.338. The summed E-state index contributed by atoms with van der Waals surface area (Å²) in [5, 5.41) is 15.4. The highest BCUT2D eigenvalue weighted by molar-refractivity contribution is 5.47. The molecule has 0 aliphatic heterocycles. The zero-order valence-electron chi connectivity index (χ0n) is 20.3. The van der Waals surface area contributed by atoms with E-state index in [2.05, 4.69) is 4.90 Å². The first-order valence-electron chi connectivity index (χ1n) is 12.0. The minimum Gasteiger partial charge on any atom is -0.493 e. The number of aliphatic hydroxyl groups excluding tert-OH is 1. The van der Waals surface area contributed by atoms with E-state index in [0.717, 1.165) is 23.5 Å². The number of rotatable bonds is 13. The van der Waals surface area contributed by atoms with Gasteiger partial charge in [0.15, 0.2) is 11.5 Å². The maximum absolute atomic E-state index is 10.6. The maximum atomic E-state index is 10.6. The Morgan fingerprint density at radius 3 is 2.47 bits per heavy atom. The van der Waals surface area contributed by atoms with Gasteiger partial charge in [-0.15, -0.1) is 0 Å². The Morgan fingerprint density at radius 1 is 1.09 bits per heavy atom. The van der Waals surface area contributed by atoms with Gasteiger partial charge in [0, 0.05) is 26.2 Å². The van der Waals surface area contributed by atoms with Crippen molar-refractivity contribution < 1.29 is 19.3 Å². The van der Waals surface area contributed by atoms with Gasteiger partial charge in [0.25, 0.3) is 0 Å². The summed E-state index contributed by atoms with van der Waals surface area (Å²) >= 11 is 0. The predicted molar refractivity (Wildman–Crippen MR) is 132 cm³/mol. The Labute approximate surface area is 201 Å². The molecule has 3 aromatic rings. The fraction of sp³-hybridized carbons (Fsp3) is 0.444. The van der Waals surface area contributed by atoms with E-state index in [9.17, 15) is 5.11 Å². The molecule has 0 saturated heterocycles. The van der Waals surface area contributed by atoms with Crippen LogP contribution >= 0.6 is 0 Å². The normalized spacial score (nSPS) is 14.4. The summed E-state index contributed by atoms with van der Waals surface area (Å²) in [6, 6.07) is 17.6. The molecule has 1 saturated carbocycles. The van der Waals surface area contributed by atoms with Crippen LogP contribution < -0.4 is 9.47 Å². The van der Waals surface area contributed by atoms with Gasteiger partial charge in [-0.25, -0.2) is 4.68 Å². The Balaban J connectivity index is 1.68. The van der Waals surface area contributed by atoms with Crippen LogP contribution in [0.3, 0.4) is 0 Å². The first-order chi connectivity index (χ1) is 16.6. The Hall–Kier alpha value is -2.87. The third-order valence-corrected chi connectivity index (χ3v) is 5.99. The number of ether oxygens (including phenoxy) is 3. The molecule has 0 radical (unpaired) electrons. The van der Waals surface area contributed by atoms with Crippen molar-refractivity contribution in [3.63, 3.8) is 0 Å². The third-order valence-electron chi connectivity index (χ3n) is 5.99. The Bertz CT molecular complexity index is 1050. The lowest BCUT2D eigenvalue weighted by molar-refractivity contribution is 0.0186. The van der Waals surface area contributed by atoms with Gasteiger partial charge in [-0.1, -0.05) is 30.3 Å². The number of methoxy groups -OCH3 is 1. The van der Waals surface area contributed by atoms with Gasteiger partial charge in [0.1, 0.15) is 0 Å². The zero-order chi connectivity index (χ0) is 23.9. The van der Waals surface area contributed by atoms with E-state index in [4.69, 9.17) is 19.3 Å². The molecule has 1 aliphatic carbocycles. The average molecular weight is 466 g/mol. The fourth-order valence-corrected chi connectivity index (χ4v) is 4.07. The van der Waals surface area contributed by atoms with Gasteiger partial charge in [-0.2, -0.15) is 5.10 Å². The molecular weight excluding hydrogens is 430 g/mol. The second-order valence-electron chi connectivity index (χ2n) is 8.82. The van der Waals surface area contributed by atoms with Crippen LogP contribution in [0.15, 0.2) is 54.6 Å². The second-order valence-corrected chi connectivity index (χ2v) is 8.82. The monoisotopic (exact) mass is 465 g/mol. The van der Waals surface area contributed by atoms with Crippen LogP contribution in [-0.4, -0.2) is 59.3 Å². The largest absolute Gasteiger partial charge is 0.493 e. The van der Waals surface area contributed by atoms with E-state index in [1.165, 1.54) is 12.8 Å². The predicted octanol–water partition coefficient (Wildman–Crippen LogP) is 4.59. The van der Waals surface area contributed by atoms with Crippen molar-refractivity contribution in [1.29, 1.82) is 0 Å². The summed E-state index contributed by atoms with van der Waals surface area (Å²) in [6.45, 7) is 6.99. The van der Waals surface area contributed by atoms with Crippen molar-refractivity contribution in [3.05, 3.63) is 65.9 Å². The van der Waals surface area contributed by atoms with Crippen molar-refractivity contribution in [3.8, 4) is 23.1 Å². The Kier molecular flexibility index (Phi) is 8.21. The molecule has 1 fully saturated rings. The molecule has 0 bridgehead atoms. The van der Waals surface area contributed by atoms with E-state index in [1.54, 1.807) is 7.11 Å². The summed E-state index contributed by atoms with van der Waals surface area (Å²) in [5.74, 6) is 2.64. The molecule has 1 atom stereocenters. The number of hydrogen-bond acceptors (Lipinski definition) is 6. The number of benzene rings is 2. The van der Waals surface area contributed by atoms with Gasteiger partial charge in [-0.05, 0) is 56.9 Å². The van der Waals surface area contributed by atoms with E-state index >= 15 is 0 Å². The molecule has 1 aliphatic rings. The summed E-state index contributed by atoms with van der Waals surface area (Å²) in [5.41, 5.74) is 2.82. The number of aliphatic hydroxyl groups is 1. The molecular formula is C27H35N3O4. The highest BCUT2D eigenvalue weighted by atomic mass is 16.5. The molecule has 182 valence electrons. The molecule has 2 aromatic carbocycles. The standard InChI is InChI=1S/C27H35N3O4/c1-4-33-19-23(31)17-29(16-21-14-15-21)18-24-20(2)28-30(22-10-6-5-7-11-22)27(24)34-26-13-9-8-12-25(26)32-3/h5-13,21,23,31H,4,14-19H2,1-3H3/t23-/m1/s1. The fourth-order valence-electron chi connectivity index (χ4n) is 4.07. The van der Waals surface area contributed by atoms with Gasteiger partial charge in [-0.3, -0.25) is 4.90 Å². The van der Waals surface area contributed by atoms with Crippen molar-refractivity contribution in [2.75, 3.05) is 33.4 Å². The molecule has 1 heterocycles. The molecule has 0 amide bonds. The topological polar surface area (TPSA) is 69.0 Å². The molecule has 7 heteroatoms. The number of hydrogen-bond donors (Lipinski definition) is 1. The van der Waals surface area contributed by atoms with Crippen LogP contribution in [-0.2, 0) is 11.3 Å². The summed E-state index contributed by atoms with van der Waals surface area (Å²) in [6.07, 6.45) is 1.94. The molecule has 34 heavy (non-hydrogen) atoms. The minimum atomic E-state index is -0.540. The van der Waals surface area contributed by atoms with Crippen LogP contribution in [0.1, 0.15) is 31.0 Å². The van der Waals surface area contributed by atoms with Crippen LogP contribution in [0.25, 0.3) is 5.69 Å². The van der Waals surface area contributed by atoms with Gasteiger partial charge < -0.3 is 19.3 Å². The van der Waals surface area contributed by atoms with Gasteiger partial charge in [0.2, 0.25) is 5.88 Å². The first-order valence-corrected chi connectivity index (χ1v) is 12.0. The molecule has 0 unspecified atom stereocenters. The lowest BCUT2D eigenvalue weighted by atomic mass is 10.2. The number of nitrogens with zero attached hydrogens (tertiary/aromatic N) is 3. The van der Waals surface area contributed by atoms with Crippen molar-refractivity contribution >= 4 is 0 Å². The van der Waals surface area contributed by atoms with Crippen LogP contribution in [0.4, 0.5) is 0 Å². The number of para-hydroxylation sites is 3. The molecule has 7 nitrogen and oxygen atoms in total. The molecule has 1 aromatic heterocycles. The van der Waals surface area contributed by atoms with Crippen LogP contribution in [0, 0.1) is 12.8 Å². The average Bonchev–Trinajstić information content (AvgIpc) is 3.62. The SMILES string of the molecule is CCOC[C@H](O)CN(Cc1c(C)nn(-c2ccccc2)c1Oc1ccccc1OC)CC1CC1. The van der Waals surface area contributed by atoms with E-state index < -0.39 is 6.10 Å². The van der Waals surface area contributed by atoms with Gasteiger partial charge in [0.05, 0.1) is 36.8 Å². The van der Waals surface area contributed by atoms with Crippen molar-refractivity contribution in [2.24, 2.45) is 5.92 Å². The van der Waals surface area contributed by atoms with Gasteiger partial charge >= 0.3 is 0 Å². The quantitative estimate of drug-likeness (QED) is 0.398. The lowest BCUT2D eigenvalue weighted by Crippen LogP contribution is -2.36. The molecule has 0 spiro atoms. The van der Waals surface area contributed by atoms with E-state index in [1.807, 2.05) is 73.1 Å². The summed E-state index contributed by atoms with van der Waals surface area (Å²) < 4.78 is 19.3. The Morgan fingerprint density at radius 2 is 1.79 bits per heavy atom. The lowest BCUT2D eigenvalue weighted by Gasteiger charge is -2.25. The highest BCUT2D eigenvalue weighted by Crippen LogP contribution is 2.37. The van der Waals surface area contributed by atoms with Crippen molar-refractivity contribution in [2.45, 2.75) is 39.3 Å². The first kappa shape index (κ1) is 24.3. The third kappa shape index (κ3) is 6.17. The zero-order valence-corrected chi connectivity index (χ0v) is 20.3. The van der Waals surface area contributed by atoms with E-state index in [-0.39, 0.29) is 0 Å². The highest BCUT2D eigenvalue weighted by Gasteiger charge is 2.28. The smallest absolute Gasteiger partial charge is 0.227 e. The number of aryl methyl sites for hydroxylation is 1. The van der Waals surface area contributed by atoms with Crippen LogP contribution in [0.5, 0.6) is 17.4 Å². The molecule has 1 N–H and O–H groups in total. The maximum Gasteiger partial charge on any atom is 0.227 e. The second kappa shape index (κ2) is 11.5. The number of aromatic nitrogens is 2. The molecule has 4 rings (SSSR count).